The molecule has 0 amide bonds. The Morgan fingerprint density at radius 2 is 1.71 bits per heavy atom. The minimum atomic E-state index is -1.52. The maximum Gasteiger partial charge on any atom is 0.164 e. The summed E-state index contributed by atoms with van der Waals surface area (Å²) in [5.74, 6) is -2.86. The lowest BCUT2D eigenvalue weighted by Gasteiger charge is -2.28. The Hall–Kier alpha value is -0.840. The Bertz CT molecular complexity index is 496. The third kappa shape index (κ3) is 3.87. The molecule has 0 heterocycles. The second kappa shape index (κ2) is 7.43. The van der Waals surface area contributed by atoms with Crippen LogP contribution < -0.4 is 0 Å². The summed E-state index contributed by atoms with van der Waals surface area (Å²) >= 11 is 3.42. The first-order chi connectivity index (χ1) is 10.1. The summed E-state index contributed by atoms with van der Waals surface area (Å²) < 4.78 is 52.8. The second-order valence-corrected chi connectivity index (χ2v) is 6.30. The quantitative estimate of drug-likeness (QED) is 0.436. The van der Waals surface area contributed by atoms with Crippen LogP contribution in [0.15, 0.2) is 18.5 Å². The zero-order valence-electron chi connectivity index (χ0n) is 11.5. The van der Waals surface area contributed by atoms with Gasteiger partial charge in [-0.15, -0.1) is 0 Å². The highest BCUT2D eigenvalue weighted by Gasteiger charge is 2.24. The molecular formula is C16H17BrF4. The van der Waals surface area contributed by atoms with E-state index in [4.69, 9.17) is 0 Å². The first-order valence-electron chi connectivity index (χ1n) is 7.08. The molecule has 0 radical (unpaired) electrons. The largest absolute Gasteiger partial charge is 0.212 e. The van der Waals surface area contributed by atoms with Crippen molar-refractivity contribution in [2.45, 2.75) is 38.0 Å². The maximum absolute atomic E-state index is 13.8. The van der Waals surface area contributed by atoms with Crippen molar-refractivity contribution in [1.82, 2.24) is 0 Å². The highest BCUT2D eigenvalue weighted by molar-refractivity contribution is 9.09. The van der Waals surface area contributed by atoms with Gasteiger partial charge >= 0.3 is 0 Å². The SMILES string of the molecule is F/C=C(\F)c1c(F)cc([C@H]2CC[C@H](CCBr)CC2)cc1F. The first-order valence-corrected chi connectivity index (χ1v) is 8.20. The van der Waals surface area contributed by atoms with E-state index in [-0.39, 0.29) is 5.92 Å². The normalized spacial score (nSPS) is 23.4. The van der Waals surface area contributed by atoms with Gasteiger partial charge < -0.3 is 0 Å². The molecule has 21 heavy (non-hydrogen) atoms. The van der Waals surface area contributed by atoms with Crippen molar-refractivity contribution in [3.8, 4) is 0 Å². The van der Waals surface area contributed by atoms with E-state index in [2.05, 4.69) is 15.9 Å². The Labute approximate surface area is 130 Å². The van der Waals surface area contributed by atoms with Crippen molar-refractivity contribution < 1.29 is 17.6 Å². The molecule has 1 aliphatic rings. The van der Waals surface area contributed by atoms with Crippen molar-refractivity contribution >= 4 is 21.8 Å². The second-order valence-electron chi connectivity index (χ2n) is 5.51. The van der Waals surface area contributed by atoms with E-state index in [1.165, 1.54) is 0 Å². The smallest absolute Gasteiger partial charge is 0.164 e. The predicted molar refractivity (Wildman–Crippen MR) is 79.7 cm³/mol. The number of hydrogen-bond donors (Lipinski definition) is 0. The zero-order chi connectivity index (χ0) is 15.4. The van der Waals surface area contributed by atoms with Crippen molar-refractivity contribution in [3.05, 3.63) is 41.2 Å². The minimum Gasteiger partial charge on any atom is -0.212 e. The molecule has 0 unspecified atom stereocenters. The Morgan fingerprint density at radius 1 is 1.14 bits per heavy atom. The Kier molecular flexibility index (Phi) is 5.85. The molecule has 0 aliphatic heterocycles. The van der Waals surface area contributed by atoms with Gasteiger partial charge in [0.2, 0.25) is 0 Å². The van der Waals surface area contributed by atoms with Crippen LogP contribution in [-0.4, -0.2) is 5.33 Å². The van der Waals surface area contributed by atoms with Crippen LogP contribution in [0.25, 0.3) is 5.83 Å². The number of hydrogen-bond acceptors (Lipinski definition) is 0. The first kappa shape index (κ1) is 16.5. The topological polar surface area (TPSA) is 0 Å². The van der Waals surface area contributed by atoms with Crippen LogP contribution in [0.5, 0.6) is 0 Å². The van der Waals surface area contributed by atoms with Crippen LogP contribution in [0, 0.1) is 17.6 Å². The van der Waals surface area contributed by atoms with Gasteiger partial charge in [-0.1, -0.05) is 15.9 Å². The van der Waals surface area contributed by atoms with Gasteiger partial charge in [0.1, 0.15) is 18.0 Å². The molecule has 1 aromatic rings. The van der Waals surface area contributed by atoms with Gasteiger partial charge in [0.25, 0.3) is 0 Å². The minimum absolute atomic E-state index is 0.0899. The fourth-order valence-corrected chi connectivity index (χ4v) is 3.70. The average molecular weight is 365 g/mol. The van der Waals surface area contributed by atoms with Crippen LogP contribution >= 0.6 is 15.9 Å². The van der Waals surface area contributed by atoms with Gasteiger partial charge in [-0.2, -0.15) is 0 Å². The van der Waals surface area contributed by atoms with Crippen molar-refractivity contribution in [1.29, 1.82) is 0 Å². The summed E-state index contributed by atoms with van der Waals surface area (Å²) in [5, 5.41) is 0.967. The van der Waals surface area contributed by atoms with Crippen LogP contribution in [0.2, 0.25) is 0 Å². The van der Waals surface area contributed by atoms with Gasteiger partial charge in [-0.05, 0) is 61.6 Å². The van der Waals surface area contributed by atoms with E-state index in [0.29, 0.717) is 11.5 Å². The third-order valence-electron chi connectivity index (χ3n) is 4.23. The lowest BCUT2D eigenvalue weighted by molar-refractivity contribution is 0.320. The summed E-state index contributed by atoms with van der Waals surface area (Å²) in [7, 11) is 0. The van der Waals surface area contributed by atoms with Crippen LogP contribution in [0.3, 0.4) is 0 Å². The molecule has 0 nitrogen and oxygen atoms in total. The fourth-order valence-electron chi connectivity index (χ4n) is 3.05. The molecule has 5 heteroatoms. The molecular weight excluding hydrogens is 348 g/mol. The van der Waals surface area contributed by atoms with E-state index in [1.54, 1.807) is 0 Å². The number of halogens is 5. The molecule has 0 atom stereocenters. The van der Waals surface area contributed by atoms with Gasteiger partial charge in [-0.25, -0.2) is 17.6 Å². The number of alkyl halides is 1. The van der Waals surface area contributed by atoms with Gasteiger partial charge in [-0.3, -0.25) is 0 Å². The average Bonchev–Trinajstić information content (AvgIpc) is 2.47. The fraction of sp³-hybridized carbons (Fsp3) is 0.500. The van der Waals surface area contributed by atoms with Crippen molar-refractivity contribution in [2.24, 2.45) is 5.92 Å². The van der Waals surface area contributed by atoms with Gasteiger partial charge in [0.15, 0.2) is 5.83 Å². The Balaban J connectivity index is 2.16. The lowest BCUT2D eigenvalue weighted by atomic mass is 9.77. The summed E-state index contributed by atoms with van der Waals surface area (Å²) in [5.41, 5.74) is -0.382. The Morgan fingerprint density at radius 3 is 2.19 bits per heavy atom. The summed E-state index contributed by atoms with van der Waals surface area (Å²) in [6, 6.07) is 2.27. The molecule has 1 saturated carbocycles. The number of benzene rings is 1. The summed E-state index contributed by atoms with van der Waals surface area (Å²) in [6.07, 6.45) is 4.49. The van der Waals surface area contributed by atoms with Crippen LogP contribution in [0.1, 0.15) is 49.1 Å². The summed E-state index contributed by atoms with van der Waals surface area (Å²) in [4.78, 5) is 0. The van der Waals surface area contributed by atoms with E-state index in [1.807, 2.05) is 0 Å². The maximum atomic E-state index is 13.8. The van der Waals surface area contributed by atoms with E-state index < -0.39 is 29.4 Å². The van der Waals surface area contributed by atoms with Gasteiger partial charge in [0, 0.05) is 5.33 Å². The van der Waals surface area contributed by atoms with Gasteiger partial charge in [0.05, 0.1) is 5.56 Å². The molecule has 0 spiro atoms. The molecule has 2 rings (SSSR count). The molecule has 0 N–H and O–H groups in total. The highest BCUT2D eigenvalue weighted by atomic mass is 79.9. The number of rotatable bonds is 4. The monoisotopic (exact) mass is 364 g/mol. The molecule has 0 aromatic heterocycles. The van der Waals surface area contributed by atoms with Crippen LogP contribution in [0.4, 0.5) is 17.6 Å². The molecule has 0 bridgehead atoms. The molecule has 1 aromatic carbocycles. The molecule has 1 aliphatic carbocycles. The van der Waals surface area contributed by atoms with E-state index in [0.717, 1.165) is 49.6 Å². The molecule has 116 valence electrons. The van der Waals surface area contributed by atoms with E-state index in [9.17, 15) is 17.6 Å². The third-order valence-corrected chi connectivity index (χ3v) is 4.69. The van der Waals surface area contributed by atoms with Crippen molar-refractivity contribution in [2.75, 3.05) is 5.33 Å². The van der Waals surface area contributed by atoms with Crippen molar-refractivity contribution in [3.63, 3.8) is 0 Å². The van der Waals surface area contributed by atoms with Crippen LogP contribution in [-0.2, 0) is 0 Å². The highest BCUT2D eigenvalue weighted by Crippen LogP contribution is 2.38. The lowest BCUT2D eigenvalue weighted by Crippen LogP contribution is -2.14. The molecule has 1 fully saturated rings. The molecule has 0 saturated heterocycles. The zero-order valence-corrected chi connectivity index (χ0v) is 13.1. The standard InChI is InChI=1S/C16H17BrF4/c17-6-5-10-1-3-11(4-2-10)12-7-13(19)16(14(20)8-12)15(21)9-18/h7-11H,1-6H2/b15-9-/t10-,11-. The predicted octanol–water partition coefficient (Wildman–Crippen LogP) is 6.26. The summed E-state index contributed by atoms with van der Waals surface area (Å²) in [6.45, 7) is 0. The van der Waals surface area contributed by atoms with E-state index >= 15 is 0 Å².